The molecule has 1 aliphatic carbocycles. The van der Waals surface area contributed by atoms with Crippen LogP contribution in [0.3, 0.4) is 0 Å². The van der Waals surface area contributed by atoms with Crippen molar-refractivity contribution >= 4 is 11.6 Å². The number of halogens is 1. The number of aromatic nitrogens is 4. The predicted molar refractivity (Wildman–Crippen MR) is 122 cm³/mol. The summed E-state index contributed by atoms with van der Waals surface area (Å²) in [6, 6.07) is 18.3. The molecule has 1 heterocycles. The third-order valence-corrected chi connectivity index (χ3v) is 5.95. The molecule has 7 nitrogen and oxygen atoms in total. The topological polar surface area (TPSA) is 92.8 Å². The molecule has 0 spiro atoms. The number of rotatable bonds is 6. The number of aryl methyl sites for hydroxylation is 1. The van der Waals surface area contributed by atoms with Crippen molar-refractivity contribution in [3.05, 3.63) is 77.6 Å². The summed E-state index contributed by atoms with van der Waals surface area (Å²) < 4.78 is 20.3. The van der Waals surface area contributed by atoms with Crippen molar-refractivity contribution in [1.82, 2.24) is 20.6 Å². The number of nitrogens with zero attached hydrogens (tertiary/aromatic N) is 3. The van der Waals surface area contributed by atoms with Gasteiger partial charge in [0.15, 0.2) is 0 Å². The SMILES string of the molecule is COc1ccc(-c2cc(F)c(NC(=O)[C@@H]3C[C@H]3c3cccc(C)c3)cc2-c2nn[nH]n2)cc1. The van der Waals surface area contributed by atoms with Crippen LogP contribution in [0.5, 0.6) is 5.75 Å². The summed E-state index contributed by atoms with van der Waals surface area (Å²) in [6.45, 7) is 2.03. The maximum Gasteiger partial charge on any atom is 0.228 e. The summed E-state index contributed by atoms with van der Waals surface area (Å²) in [5.41, 5.74) is 4.28. The molecule has 1 fully saturated rings. The molecule has 0 aliphatic heterocycles. The number of benzene rings is 3. The van der Waals surface area contributed by atoms with Crippen LogP contribution >= 0.6 is 0 Å². The van der Waals surface area contributed by atoms with Crippen molar-refractivity contribution in [2.75, 3.05) is 12.4 Å². The van der Waals surface area contributed by atoms with Crippen molar-refractivity contribution in [3.8, 4) is 28.3 Å². The summed E-state index contributed by atoms with van der Waals surface area (Å²) in [5.74, 6) is 0.243. The quantitative estimate of drug-likeness (QED) is 0.449. The second kappa shape index (κ2) is 8.46. The number of carbonyl (C=O) groups is 1. The molecule has 4 aromatic rings. The number of hydrogen-bond acceptors (Lipinski definition) is 5. The van der Waals surface area contributed by atoms with E-state index in [9.17, 15) is 4.79 Å². The van der Waals surface area contributed by atoms with Crippen molar-refractivity contribution < 1.29 is 13.9 Å². The Bertz CT molecular complexity index is 1310. The van der Waals surface area contributed by atoms with E-state index in [1.54, 1.807) is 25.3 Å². The van der Waals surface area contributed by atoms with Gasteiger partial charge in [-0.15, -0.1) is 10.2 Å². The van der Waals surface area contributed by atoms with Gasteiger partial charge in [0.1, 0.15) is 11.6 Å². The molecule has 3 aromatic carbocycles. The van der Waals surface area contributed by atoms with Crippen LogP contribution in [0.1, 0.15) is 23.5 Å². The molecule has 1 aliphatic rings. The lowest BCUT2D eigenvalue weighted by Gasteiger charge is -2.13. The number of anilines is 1. The van der Waals surface area contributed by atoms with Gasteiger partial charge in [0.2, 0.25) is 11.7 Å². The third-order valence-electron chi connectivity index (χ3n) is 5.95. The van der Waals surface area contributed by atoms with E-state index in [0.29, 0.717) is 22.7 Å². The molecular formula is C25H22FN5O2. The number of nitrogens with one attached hydrogen (secondary N) is 2. The lowest BCUT2D eigenvalue weighted by molar-refractivity contribution is -0.117. The van der Waals surface area contributed by atoms with E-state index >= 15 is 4.39 Å². The molecular weight excluding hydrogens is 421 g/mol. The summed E-state index contributed by atoms with van der Waals surface area (Å²) in [5, 5.41) is 16.9. The highest BCUT2D eigenvalue weighted by atomic mass is 19.1. The summed E-state index contributed by atoms with van der Waals surface area (Å²) in [7, 11) is 1.58. The summed E-state index contributed by atoms with van der Waals surface area (Å²) >= 11 is 0. The number of hydrogen-bond donors (Lipinski definition) is 2. The normalized spacial score (nSPS) is 16.9. The first-order valence-electron chi connectivity index (χ1n) is 10.6. The van der Waals surface area contributed by atoms with Crippen molar-refractivity contribution in [1.29, 1.82) is 0 Å². The van der Waals surface area contributed by atoms with E-state index in [1.165, 1.54) is 6.07 Å². The Labute approximate surface area is 190 Å². The molecule has 1 amide bonds. The minimum atomic E-state index is -0.533. The Kier molecular flexibility index (Phi) is 5.34. The smallest absolute Gasteiger partial charge is 0.228 e. The fourth-order valence-corrected chi connectivity index (χ4v) is 4.12. The summed E-state index contributed by atoms with van der Waals surface area (Å²) in [6.07, 6.45) is 0.749. The molecule has 2 atom stereocenters. The maximum absolute atomic E-state index is 15.1. The van der Waals surface area contributed by atoms with Crippen LogP contribution in [0.2, 0.25) is 0 Å². The Morgan fingerprint density at radius 2 is 1.94 bits per heavy atom. The second-order valence-electron chi connectivity index (χ2n) is 8.19. The van der Waals surface area contributed by atoms with Crippen molar-refractivity contribution in [2.45, 2.75) is 19.3 Å². The third kappa shape index (κ3) is 4.19. The van der Waals surface area contributed by atoms with Crippen LogP contribution < -0.4 is 10.1 Å². The standard InChI is InChI=1S/C25H22FN5O2/c1-14-4-3-5-16(10-14)18-11-21(18)25(32)27-23-13-20(24-28-30-31-29-24)19(12-22(23)26)15-6-8-17(33-2)9-7-15/h3-10,12-13,18,21H,11H2,1-2H3,(H,27,32)(H,28,29,30,31)/t18-,21+/m0/s1. The van der Waals surface area contributed by atoms with Gasteiger partial charge in [-0.25, -0.2) is 4.39 Å². The largest absolute Gasteiger partial charge is 0.497 e. The van der Waals surface area contributed by atoms with Gasteiger partial charge in [0, 0.05) is 11.5 Å². The zero-order valence-electron chi connectivity index (χ0n) is 18.2. The molecule has 0 saturated heterocycles. The van der Waals surface area contributed by atoms with Crippen LogP contribution in [0, 0.1) is 18.7 Å². The minimum absolute atomic E-state index is 0.0898. The fourth-order valence-electron chi connectivity index (χ4n) is 4.12. The van der Waals surface area contributed by atoms with E-state index in [0.717, 1.165) is 23.1 Å². The first kappa shape index (κ1) is 20.8. The van der Waals surface area contributed by atoms with Gasteiger partial charge in [-0.1, -0.05) is 42.0 Å². The Morgan fingerprint density at radius 1 is 1.12 bits per heavy atom. The van der Waals surface area contributed by atoms with E-state index in [-0.39, 0.29) is 23.4 Å². The average Bonchev–Trinajstić information content (AvgIpc) is 3.45. The number of ether oxygens (including phenoxy) is 1. The molecule has 0 bridgehead atoms. The van der Waals surface area contributed by atoms with Gasteiger partial charge in [-0.05, 0) is 65.4 Å². The molecule has 166 valence electrons. The van der Waals surface area contributed by atoms with Crippen LogP contribution in [0.25, 0.3) is 22.5 Å². The van der Waals surface area contributed by atoms with E-state index in [2.05, 4.69) is 32.0 Å². The van der Waals surface area contributed by atoms with Gasteiger partial charge in [0.25, 0.3) is 0 Å². The maximum atomic E-state index is 15.1. The van der Waals surface area contributed by atoms with E-state index < -0.39 is 5.82 Å². The highest BCUT2D eigenvalue weighted by Crippen LogP contribution is 2.48. The number of carbonyl (C=O) groups excluding carboxylic acids is 1. The monoisotopic (exact) mass is 443 g/mol. The molecule has 2 N–H and O–H groups in total. The Morgan fingerprint density at radius 3 is 2.64 bits per heavy atom. The minimum Gasteiger partial charge on any atom is -0.497 e. The van der Waals surface area contributed by atoms with Crippen LogP contribution in [-0.4, -0.2) is 33.6 Å². The first-order chi connectivity index (χ1) is 16.0. The molecule has 5 rings (SSSR count). The van der Waals surface area contributed by atoms with Gasteiger partial charge >= 0.3 is 0 Å². The summed E-state index contributed by atoms with van der Waals surface area (Å²) in [4.78, 5) is 12.9. The second-order valence-corrected chi connectivity index (χ2v) is 8.19. The molecule has 8 heteroatoms. The van der Waals surface area contributed by atoms with Crippen LogP contribution in [0.4, 0.5) is 10.1 Å². The van der Waals surface area contributed by atoms with Crippen molar-refractivity contribution in [3.63, 3.8) is 0 Å². The number of aromatic amines is 1. The predicted octanol–water partition coefficient (Wildman–Crippen LogP) is 4.73. The number of amides is 1. The van der Waals surface area contributed by atoms with Gasteiger partial charge in [-0.2, -0.15) is 5.21 Å². The number of H-pyrrole nitrogens is 1. The highest BCUT2D eigenvalue weighted by molar-refractivity contribution is 5.97. The van der Waals surface area contributed by atoms with E-state index in [4.69, 9.17) is 4.74 Å². The van der Waals surface area contributed by atoms with Crippen LogP contribution in [0.15, 0.2) is 60.7 Å². The van der Waals surface area contributed by atoms with E-state index in [1.807, 2.05) is 37.3 Å². The zero-order chi connectivity index (χ0) is 22.9. The molecule has 1 aromatic heterocycles. The molecule has 0 radical (unpaired) electrons. The van der Waals surface area contributed by atoms with Crippen molar-refractivity contribution in [2.24, 2.45) is 5.92 Å². The van der Waals surface area contributed by atoms with Gasteiger partial charge in [0.05, 0.1) is 12.8 Å². The Hall–Kier alpha value is -4.07. The van der Waals surface area contributed by atoms with Crippen LogP contribution in [-0.2, 0) is 4.79 Å². The molecule has 33 heavy (non-hydrogen) atoms. The molecule has 1 saturated carbocycles. The van der Waals surface area contributed by atoms with Gasteiger partial charge < -0.3 is 10.1 Å². The van der Waals surface area contributed by atoms with Gasteiger partial charge in [-0.3, -0.25) is 4.79 Å². The average molecular weight is 443 g/mol. The first-order valence-corrected chi connectivity index (χ1v) is 10.6. The lowest BCUT2D eigenvalue weighted by Crippen LogP contribution is -2.16. The molecule has 0 unspecified atom stereocenters. The Balaban J connectivity index is 1.44. The highest BCUT2D eigenvalue weighted by Gasteiger charge is 2.44. The number of tetrazole rings is 1. The fraction of sp³-hybridized carbons (Fsp3) is 0.200. The number of methoxy groups -OCH3 is 1. The zero-order valence-corrected chi connectivity index (χ0v) is 18.2. The lowest BCUT2D eigenvalue weighted by atomic mass is 9.98.